The van der Waals surface area contributed by atoms with Crippen LogP contribution in [0.5, 0.6) is 5.75 Å². The van der Waals surface area contributed by atoms with Gasteiger partial charge in [0, 0.05) is 17.1 Å². The molecule has 0 bridgehead atoms. The number of aromatic hydroxyl groups is 1. The highest BCUT2D eigenvalue weighted by Gasteiger charge is 2.12. The Hall–Kier alpha value is -0.440. The normalized spacial score (nSPS) is 12.9. The molecule has 1 atom stereocenters. The van der Waals surface area contributed by atoms with E-state index in [1.54, 1.807) is 6.07 Å². The maximum atomic E-state index is 9.28. The summed E-state index contributed by atoms with van der Waals surface area (Å²) in [6.07, 6.45) is 1.83. The minimum Gasteiger partial charge on any atom is -0.506 e. The van der Waals surface area contributed by atoms with Crippen LogP contribution in [0, 0.1) is 0 Å². The number of hydrogen-bond donors (Lipinski definition) is 2. The number of hydrogen-bond acceptors (Lipinski definition) is 2. The first-order valence-corrected chi connectivity index (χ1v) is 5.25. The van der Waals surface area contributed by atoms with Crippen LogP contribution in [0.2, 0.25) is 10.0 Å². The van der Waals surface area contributed by atoms with Crippen molar-refractivity contribution in [2.45, 2.75) is 25.8 Å². The van der Waals surface area contributed by atoms with Crippen molar-refractivity contribution < 1.29 is 5.11 Å². The molecule has 0 aromatic heterocycles. The van der Waals surface area contributed by atoms with Gasteiger partial charge in [-0.05, 0) is 18.1 Å². The van der Waals surface area contributed by atoms with Crippen LogP contribution in [0.3, 0.4) is 0 Å². The third-order valence-corrected chi connectivity index (χ3v) is 2.70. The Balaban J connectivity index is 3.02. The smallest absolute Gasteiger partial charge is 0.135 e. The van der Waals surface area contributed by atoms with Crippen molar-refractivity contribution >= 4 is 23.2 Å². The molecule has 0 aliphatic heterocycles. The molecule has 0 heterocycles. The van der Waals surface area contributed by atoms with Gasteiger partial charge in [0.25, 0.3) is 0 Å². The van der Waals surface area contributed by atoms with Gasteiger partial charge in [-0.2, -0.15) is 0 Å². The molecule has 0 aliphatic rings. The van der Waals surface area contributed by atoms with E-state index in [1.165, 1.54) is 6.07 Å². The Morgan fingerprint density at radius 1 is 1.36 bits per heavy atom. The molecule has 0 spiro atoms. The van der Waals surface area contributed by atoms with Crippen molar-refractivity contribution in [1.82, 2.24) is 0 Å². The standard InChI is InChI=1S/C10H13Cl2NO/c1-2-3-9(13)6-4-8(12)10(14)5-7(6)11/h4-5,9,14H,2-3,13H2,1H3. The number of rotatable bonds is 3. The Morgan fingerprint density at radius 3 is 2.57 bits per heavy atom. The van der Waals surface area contributed by atoms with Crippen LogP contribution >= 0.6 is 23.2 Å². The lowest BCUT2D eigenvalue weighted by Crippen LogP contribution is -2.10. The van der Waals surface area contributed by atoms with Crippen LogP contribution in [0.4, 0.5) is 0 Å². The van der Waals surface area contributed by atoms with Gasteiger partial charge in [0.1, 0.15) is 5.75 Å². The number of phenols is 1. The van der Waals surface area contributed by atoms with Crippen molar-refractivity contribution in [1.29, 1.82) is 0 Å². The zero-order valence-electron chi connectivity index (χ0n) is 7.93. The van der Waals surface area contributed by atoms with Crippen LogP contribution in [0.25, 0.3) is 0 Å². The molecule has 1 aromatic rings. The van der Waals surface area contributed by atoms with E-state index < -0.39 is 0 Å². The van der Waals surface area contributed by atoms with Crippen molar-refractivity contribution in [2.75, 3.05) is 0 Å². The molecule has 0 fully saturated rings. The summed E-state index contributed by atoms with van der Waals surface area (Å²) in [4.78, 5) is 0. The number of benzene rings is 1. The molecule has 78 valence electrons. The highest BCUT2D eigenvalue weighted by Crippen LogP contribution is 2.33. The fourth-order valence-corrected chi connectivity index (χ4v) is 1.77. The van der Waals surface area contributed by atoms with Gasteiger partial charge in [0.05, 0.1) is 5.02 Å². The minimum atomic E-state index is -0.120. The zero-order chi connectivity index (χ0) is 10.7. The first kappa shape index (κ1) is 11.6. The van der Waals surface area contributed by atoms with E-state index >= 15 is 0 Å². The van der Waals surface area contributed by atoms with Crippen molar-refractivity contribution in [3.8, 4) is 5.75 Å². The second-order valence-electron chi connectivity index (χ2n) is 3.22. The molecule has 1 aromatic carbocycles. The van der Waals surface area contributed by atoms with E-state index in [0.717, 1.165) is 18.4 Å². The summed E-state index contributed by atoms with van der Waals surface area (Å²) in [5.74, 6) is -0.0101. The molecule has 14 heavy (non-hydrogen) atoms. The minimum absolute atomic E-state index is 0.0101. The van der Waals surface area contributed by atoms with Gasteiger partial charge in [0.15, 0.2) is 0 Å². The topological polar surface area (TPSA) is 46.2 Å². The summed E-state index contributed by atoms with van der Waals surface area (Å²) in [6.45, 7) is 2.05. The average Bonchev–Trinajstić information content (AvgIpc) is 2.11. The third-order valence-electron chi connectivity index (χ3n) is 2.07. The lowest BCUT2D eigenvalue weighted by atomic mass is 10.0. The maximum Gasteiger partial charge on any atom is 0.135 e. The fourth-order valence-electron chi connectivity index (χ4n) is 1.30. The molecule has 0 saturated carbocycles. The van der Waals surface area contributed by atoms with Crippen LogP contribution < -0.4 is 5.73 Å². The lowest BCUT2D eigenvalue weighted by molar-refractivity contribution is 0.475. The van der Waals surface area contributed by atoms with Gasteiger partial charge in [-0.3, -0.25) is 0 Å². The summed E-state index contributed by atoms with van der Waals surface area (Å²) in [6, 6.07) is 2.93. The number of nitrogens with two attached hydrogens (primary N) is 1. The molecule has 0 aliphatic carbocycles. The van der Waals surface area contributed by atoms with E-state index in [9.17, 15) is 5.11 Å². The first-order valence-electron chi connectivity index (χ1n) is 4.49. The molecule has 2 nitrogen and oxygen atoms in total. The maximum absolute atomic E-state index is 9.28. The van der Waals surface area contributed by atoms with Gasteiger partial charge in [0.2, 0.25) is 0 Å². The summed E-state index contributed by atoms with van der Waals surface area (Å²) >= 11 is 11.7. The second-order valence-corrected chi connectivity index (χ2v) is 4.03. The fraction of sp³-hybridized carbons (Fsp3) is 0.400. The van der Waals surface area contributed by atoms with Crippen molar-refractivity contribution in [2.24, 2.45) is 5.73 Å². The zero-order valence-corrected chi connectivity index (χ0v) is 9.44. The predicted molar refractivity (Wildman–Crippen MR) is 60.0 cm³/mol. The quantitative estimate of drug-likeness (QED) is 0.840. The van der Waals surface area contributed by atoms with E-state index in [2.05, 4.69) is 6.92 Å². The van der Waals surface area contributed by atoms with E-state index in [1.807, 2.05) is 0 Å². The molecular formula is C10H13Cl2NO. The SMILES string of the molecule is CCCC(N)c1cc(Cl)c(O)cc1Cl. The Bertz CT molecular complexity index is 328. The van der Waals surface area contributed by atoms with Gasteiger partial charge in [-0.25, -0.2) is 0 Å². The molecule has 0 amide bonds. The number of phenolic OH excluding ortho intramolecular Hbond substituents is 1. The Kier molecular flexibility index (Phi) is 4.05. The second kappa shape index (κ2) is 4.87. The van der Waals surface area contributed by atoms with Crippen LogP contribution in [-0.2, 0) is 0 Å². The average molecular weight is 234 g/mol. The van der Waals surface area contributed by atoms with Crippen LogP contribution in [-0.4, -0.2) is 5.11 Å². The largest absolute Gasteiger partial charge is 0.506 e. The van der Waals surface area contributed by atoms with Gasteiger partial charge in [-0.15, -0.1) is 0 Å². The summed E-state index contributed by atoms with van der Waals surface area (Å²) in [7, 11) is 0. The van der Waals surface area contributed by atoms with Crippen LogP contribution in [0.1, 0.15) is 31.4 Å². The molecule has 1 rings (SSSR count). The Morgan fingerprint density at radius 2 is 2.00 bits per heavy atom. The van der Waals surface area contributed by atoms with Gasteiger partial charge >= 0.3 is 0 Å². The molecular weight excluding hydrogens is 221 g/mol. The summed E-state index contributed by atoms with van der Waals surface area (Å²) in [5.41, 5.74) is 6.69. The number of halogens is 2. The molecule has 4 heteroatoms. The van der Waals surface area contributed by atoms with Gasteiger partial charge in [-0.1, -0.05) is 36.5 Å². The van der Waals surface area contributed by atoms with Crippen LogP contribution in [0.15, 0.2) is 12.1 Å². The summed E-state index contributed by atoms with van der Waals surface area (Å²) < 4.78 is 0. The first-order chi connectivity index (χ1) is 6.56. The lowest BCUT2D eigenvalue weighted by Gasteiger charge is -2.13. The molecule has 3 N–H and O–H groups in total. The molecule has 0 saturated heterocycles. The highest BCUT2D eigenvalue weighted by molar-refractivity contribution is 6.34. The van der Waals surface area contributed by atoms with Gasteiger partial charge < -0.3 is 10.8 Å². The highest BCUT2D eigenvalue weighted by atomic mass is 35.5. The molecule has 1 unspecified atom stereocenters. The van der Waals surface area contributed by atoms with Crippen molar-refractivity contribution in [3.05, 3.63) is 27.7 Å². The predicted octanol–water partition coefficient (Wildman–Crippen LogP) is 3.50. The molecule has 0 radical (unpaired) electrons. The van der Waals surface area contributed by atoms with E-state index in [0.29, 0.717) is 5.02 Å². The summed E-state index contributed by atoms with van der Waals surface area (Å²) in [5, 5.41) is 10.0. The monoisotopic (exact) mass is 233 g/mol. The van der Waals surface area contributed by atoms with Crippen molar-refractivity contribution in [3.63, 3.8) is 0 Å². The third kappa shape index (κ3) is 2.53. The Labute approximate surface area is 93.6 Å². The van der Waals surface area contributed by atoms with E-state index in [4.69, 9.17) is 28.9 Å². The van der Waals surface area contributed by atoms with E-state index in [-0.39, 0.29) is 16.8 Å².